The third kappa shape index (κ3) is 3.55. The van der Waals surface area contributed by atoms with Gasteiger partial charge in [-0.1, -0.05) is 24.3 Å². The normalized spacial score (nSPS) is 18.6. The number of halogens is 1. The zero-order chi connectivity index (χ0) is 17.1. The molecule has 2 aliphatic heterocycles. The highest BCUT2D eigenvalue weighted by molar-refractivity contribution is 5.39. The molecule has 2 aromatic rings. The number of fused-ring (bicyclic) bond motifs is 1. The fourth-order valence-corrected chi connectivity index (χ4v) is 3.94. The maximum atomic E-state index is 13.7. The number of hydrogen-bond donors (Lipinski definition) is 1. The topological polar surface area (TPSA) is 30.5 Å². The van der Waals surface area contributed by atoms with Crippen LogP contribution in [-0.4, -0.2) is 26.4 Å². The van der Waals surface area contributed by atoms with Gasteiger partial charge in [-0.2, -0.15) is 0 Å². The van der Waals surface area contributed by atoms with Crippen LogP contribution in [0, 0.1) is 5.82 Å². The fourth-order valence-electron chi connectivity index (χ4n) is 3.94. The van der Waals surface area contributed by atoms with E-state index in [2.05, 4.69) is 23.5 Å². The van der Waals surface area contributed by atoms with Gasteiger partial charge in [0.25, 0.3) is 0 Å². The van der Waals surface area contributed by atoms with E-state index in [1.807, 2.05) is 12.1 Å². The van der Waals surface area contributed by atoms with Gasteiger partial charge in [-0.15, -0.1) is 0 Å². The van der Waals surface area contributed by atoms with Crippen LogP contribution in [0.2, 0.25) is 0 Å². The summed E-state index contributed by atoms with van der Waals surface area (Å²) < 4.78 is 24.9. The van der Waals surface area contributed by atoms with Crippen LogP contribution in [0.25, 0.3) is 0 Å². The summed E-state index contributed by atoms with van der Waals surface area (Å²) in [4.78, 5) is 0. The first kappa shape index (κ1) is 16.6. The van der Waals surface area contributed by atoms with Crippen LogP contribution in [0.4, 0.5) is 4.39 Å². The van der Waals surface area contributed by atoms with Gasteiger partial charge in [-0.25, -0.2) is 4.39 Å². The van der Waals surface area contributed by atoms with Gasteiger partial charge in [0.15, 0.2) is 0 Å². The summed E-state index contributed by atoms with van der Waals surface area (Å²) in [5.41, 5.74) is 3.58. The zero-order valence-electron chi connectivity index (χ0n) is 14.4. The van der Waals surface area contributed by atoms with E-state index in [0.29, 0.717) is 0 Å². The van der Waals surface area contributed by atoms with E-state index >= 15 is 0 Å². The Kier molecular flexibility index (Phi) is 4.73. The molecule has 0 bridgehead atoms. The number of hydrogen-bond acceptors (Lipinski definition) is 3. The molecule has 0 radical (unpaired) electrons. The van der Waals surface area contributed by atoms with Crippen LogP contribution in [0.5, 0.6) is 5.75 Å². The van der Waals surface area contributed by atoms with Gasteiger partial charge in [0.2, 0.25) is 0 Å². The average molecular weight is 341 g/mol. The summed E-state index contributed by atoms with van der Waals surface area (Å²) >= 11 is 0. The predicted molar refractivity (Wildman–Crippen MR) is 95.5 cm³/mol. The Hall–Kier alpha value is -1.91. The van der Waals surface area contributed by atoms with Gasteiger partial charge >= 0.3 is 0 Å². The van der Waals surface area contributed by atoms with E-state index in [1.165, 1.54) is 17.2 Å². The minimum absolute atomic E-state index is 0.0554. The summed E-state index contributed by atoms with van der Waals surface area (Å²) in [6.07, 6.45) is 2.83. The summed E-state index contributed by atoms with van der Waals surface area (Å²) in [5, 5.41) is 3.60. The Morgan fingerprint density at radius 3 is 2.76 bits per heavy atom. The van der Waals surface area contributed by atoms with Gasteiger partial charge in [-0.05, 0) is 47.7 Å². The smallest absolute Gasteiger partial charge is 0.123 e. The van der Waals surface area contributed by atoms with Crippen LogP contribution in [0.15, 0.2) is 42.5 Å². The van der Waals surface area contributed by atoms with Crippen molar-refractivity contribution in [3.05, 3.63) is 65.0 Å². The molecule has 2 heterocycles. The summed E-state index contributed by atoms with van der Waals surface area (Å²) in [6.45, 7) is 3.89. The molecule has 0 unspecified atom stereocenters. The largest absolute Gasteiger partial charge is 0.493 e. The van der Waals surface area contributed by atoms with Crippen LogP contribution >= 0.6 is 0 Å². The first-order valence-electron chi connectivity index (χ1n) is 9.04. The molecular weight excluding hydrogens is 317 g/mol. The minimum atomic E-state index is -0.165. The Morgan fingerprint density at radius 2 is 1.92 bits per heavy atom. The first-order valence-corrected chi connectivity index (χ1v) is 9.04. The van der Waals surface area contributed by atoms with Crippen molar-refractivity contribution in [2.75, 3.05) is 26.4 Å². The predicted octanol–water partition coefficient (Wildman–Crippen LogP) is 3.60. The van der Waals surface area contributed by atoms with E-state index < -0.39 is 0 Å². The van der Waals surface area contributed by atoms with E-state index in [4.69, 9.17) is 9.47 Å². The minimum Gasteiger partial charge on any atom is -0.493 e. The molecule has 2 aliphatic rings. The van der Waals surface area contributed by atoms with Gasteiger partial charge in [0.1, 0.15) is 11.6 Å². The Labute approximate surface area is 148 Å². The molecule has 2 aromatic carbocycles. The summed E-state index contributed by atoms with van der Waals surface area (Å²) in [6, 6.07) is 13.5. The van der Waals surface area contributed by atoms with Gasteiger partial charge in [0.05, 0.1) is 6.61 Å². The molecule has 132 valence electrons. The number of rotatable bonds is 5. The van der Waals surface area contributed by atoms with Crippen LogP contribution in [-0.2, 0) is 23.1 Å². The lowest BCUT2D eigenvalue weighted by Crippen LogP contribution is -2.42. The van der Waals surface area contributed by atoms with E-state index in [1.54, 1.807) is 6.07 Å². The SMILES string of the molecule is Fc1cccc(C2(CNCc3ccc4c(c3)CCO4)CCOCC2)c1. The van der Waals surface area contributed by atoms with Crippen LogP contribution < -0.4 is 10.1 Å². The highest BCUT2D eigenvalue weighted by Gasteiger charge is 2.34. The maximum Gasteiger partial charge on any atom is 0.123 e. The molecular formula is C21H24FNO2. The Morgan fingerprint density at radius 1 is 1.04 bits per heavy atom. The molecule has 4 heteroatoms. The molecule has 1 N–H and O–H groups in total. The molecule has 0 aromatic heterocycles. The monoisotopic (exact) mass is 341 g/mol. The maximum absolute atomic E-state index is 13.7. The van der Waals surface area contributed by atoms with Crippen molar-refractivity contribution < 1.29 is 13.9 Å². The Bertz CT molecular complexity index is 740. The third-order valence-corrected chi connectivity index (χ3v) is 5.43. The molecule has 1 saturated heterocycles. The highest BCUT2D eigenvalue weighted by atomic mass is 19.1. The van der Waals surface area contributed by atoms with Gasteiger partial charge in [-0.3, -0.25) is 0 Å². The van der Waals surface area contributed by atoms with Crippen molar-refractivity contribution >= 4 is 0 Å². The first-order chi connectivity index (χ1) is 12.3. The highest BCUT2D eigenvalue weighted by Crippen LogP contribution is 2.35. The second kappa shape index (κ2) is 7.14. The lowest BCUT2D eigenvalue weighted by molar-refractivity contribution is 0.0497. The molecule has 0 saturated carbocycles. The third-order valence-electron chi connectivity index (χ3n) is 5.43. The average Bonchev–Trinajstić information content (AvgIpc) is 3.10. The Balaban J connectivity index is 1.46. The zero-order valence-corrected chi connectivity index (χ0v) is 14.4. The lowest BCUT2D eigenvalue weighted by Gasteiger charge is -2.38. The number of ether oxygens (including phenoxy) is 2. The summed E-state index contributed by atoms with van der Waals surface area (Å²) in [5.74, 6) is 0.853. The van der Waals surface area contributed by atoms with Crippen molar-refractivity contribution in [2.45, 2.75) is 31.2 Å². The van der Waals surface area contributed by atoms with Crippen LogP contribution in [0.3, 0.4) is 0 Å². The van der Waals surface area contributed by atoms with Crippen molar-refractivity contribution in [3.63, 3.8) is 0 Å². The van der Waals surface area contributed by atoms with Crippen molar-refractivity contribution in [3.8, 4) is 5.75 Å². The quantitative estimate of drug-likeness (QED) is 0.901. The summed E-state index contributed by atoms with van der Waals surface area (Å²) in [7, 11) is 0. The van der Waals surface area contributed by atoms with Crippen LogP contribution in [0.1, 0.15) is 29.5 Å². The molecule has 0 aliphatic carbocycles. The van der Waals surface area contributed by atoms with E-state index in [9.17, 15) is 4.39 Å². The van der Waals surface area contributed by atoms with Gasteiger partial charge in [0, 0.05) is 38.1 Å². The second-order valence-corrected chi connectivity index (χ2v) is 7.05. The molecule has 25 heavy (non-hydrogen) atoms. The molecule has 0 spiro atoms. The number of benzene rings is 2. The molecule has 3 nitrogen and oxygen atoms in total. The number of nitrogens with one attached hydrogen (secondary N) is 1. The molecule has 0 atom stereocenters. The fraction of sp³-hybridized carbons (Fsp3) is 0.429. The van der Waals surface area contributed by atoms with Crippen molar-refractivity contribution in [1.82, 2.24) is 5.32 Å². The standard InChI is InChI=1S/C21H24FNO2/c22-19-3-1-2-18(13-19)21(7-10-24-11-8-21)15-23-14-16-4-5-20-17(12-16)6-9-25-20/h1-5,12-13,23H,6-11,14-15H2. The van der Waals surface area contributed by atoms with Crippen molar-refractivity contribution in [2.24, 2.45) is 0 Å². The van der Waals surface area contributed by atoms with Crippen molar-refractivity contribution in [1.29, 1.82) is 0 Å². The van der Waals surface area contributed by atoms with E-state index in [-0.39, 0.29) is 11.2 Å². The molecule has 1 fully saturated rings. The molecule has 4 rings (SSSR count). The van der Waals surface area contributed by atoms with E-state index in [0.717, 1.165) is 63.5 Å². The molecule has 0 amide bonds. The van der Waals surface area contributed by atoms with Gasteiger partial charge < -0.3 is 14.8 Å². The lowest BCUT2D eigenvalue weighted by atomic mass is 9.74. The second-order valence-electron chi connectivity index (χ2n) is 7.05.